The van der Waals surface area contributed by atoms with Crippen molar-refractivity contribution in [2.45, 2.75) is 45.1 Å². The van der Waals surface area contributed by atoms with Gasteiger partial charge in [0.05, 0.1) is 12.0 Å². The summed E-state index contributed by atoms with van der Waals surface area (Å²) in [5.74, 6) is 0. The van der Waals surface area contributed by atoms with Gasteiger partial charge >= 0.3 is 0 Å². The van der Waals surface area contributed by atoms with Crippen molar-refractivity contribution in [1.82, 2.24) is 9.55 Å². The van der Waals surface area contributed by atoms with E-state index in [1.54, 1.807) is 0 Å². The summed E-state index contributed by atoms with van der Waals surface area (Å²) in [6.45, 7) is 2.00. The highest BCUT2D eigenvalue weighted by molar-refractivity contribution is 6.31. The average molecular weight is 290 g/mol. The van der Waals surface area contributed by atoms with E-state index in [2.05, 4.69) is 21.7 Å². The Morgan fingerprint density at radius 2 is 2.15 bits per heavy atom. The SMILES string of the molecule is CC(N)Cc1ccc(-n2cnc3c2CCCC3)cc1Cl. The number of halogens is 1. The predicted octanol–water partition coefficient (Wildman–Crippen LogP) is 3.29. The Kier molecular flexibility index (Phi) is 3.81. The number of aromatic nitrogens is 2. The van der Waals surface area contributed by atoms with Crippen LogP contribution in [-0.2, 0) is 19.3 Å². The van der Waals surface area contributed by atoms with Crippen molar-refractivity contribution in [3.8, 4) is 5.69 Å². The van der Waals surface area contributed by atoms with Crippen LogP contribution in [0.5, 0.6) is 0 Å². The lowest BCUT2D eigenvalue weighted by Crippen LogP contribution is -2.18. The molecular formula is C16H20ClN3. The Hall–Kier alpha value is -1.32. The summed E-state index contributed by atoms with van der Waals surface area (Å²) >= 11 is 6.38. The van der Waals surface area contributed by atoms with Crippen molar-refractivity contribution in [2.75, 3.05) is 0 Å². The van der Waals surface area contributed by atoms with Gasteiger partial charge in [-0.3, -0.25) is 0 Å². The molecule has 1 atom stereocenters. The molecule has 1 heterocycles. The lowest BCUT2D eigenvalue weighted by molar-refractivity contribution is 0.656. The lowest BCUT2D eigenvalue weighted by Gasteiger charge is -2.15. The largest absolute Gasteiger partial charge is 0.328 e. The molecule has 106 valence electrons. The molecule has 0 saturated carbocycles. The van der Waals surface area contributed by atoms with Gasteiger partial charge in [-0.25, -0.2) is 4.98 Å². The summed E-state index contributed by atoms with van der Waals surface area (Å²) in [6, 6.07) is 6.34. The van der Waals surface area contributed by atoms with E-state index in [-0.39, 0.29) is 6.04 Å². The molecule has 4 heteroatoms. The van der Waals surface area contributed by atoms with Crippen molar-refractivity contribution >= 4 is 11.6 Å². The zero-order valence-corrected chi connectivity index (χ0v) is 12.5. The molecule has 3 nitrogen and oxygen atoms in total. The predicted molar refractivity (Wildman–Crippen MR) is 82.6 cm³/mol. The number of hydrogen-bond acceptors (Lipinski definition) is 2. The summed E-state index contributed by atoms with van der Waals surface area (Å²) in [5, 5.41) is 0.790. The Morgan fingerprint density at radius 3 is 2.90 bits per heavy atom. The summed E-state index contributed by atoms with van der Waals surface area (Å²) in [5.41, 5.74) is 10.6. The molecule has 1 aromatic carbocycles. The number of nitrogens with zero attached hydrogens (tertiary/aromatic N) is 2. The zero-order chi connectivity index (χ0) is 14.1. The molecule has 0 spiro atoms. The third kappa shape index (κ3) is 2.60. The number of nitrogens with two attached hydrogens (primary N) is 1. The summed E-state index contributed by atoms with van der Waals surface area (Å²) in [7, 11) is 0. The van der Waals surface area contributed by atoms with Gasteiger partial charge < -0.3 is 10.3 Å². The number of hydrogen-bond donors (Lipinski definition) is 1. The third-order valence-electron chi connectivity index (χ3n) is 3.89. The van der Waals surface area contributed by atoms with Crippen LogP contribution in [0.2, 0.25) is 5.02 Å². The fraction of sp³-hybridized carbons (Fsp3) is 0.438. The molecule has 3 rings (SSSR count). The van der Waals surface area contributed by atoms with Crippen molar-refractivity contribution in [3.05, 3.63) is 46.5 Å². The number of imidazole rings is 1. The number of rotatable bonds is 3. The second-order valence-corrected chi connectivity index (χ2v) is 6.08. The van der Waals surface area contributed by atoms with Crippen molar-refractivity contribution in [2.24, 2.45) is 5.73 Å². The first-order chi connectivity index (χ1) is 9.65. The van der Waals surface area contributed by atoms with E-state index in [1.165, 1.54) is 24.2 Å². The van der Waals surface area contributed by atoms with Crippen LogP contribution in [-0.4, -0.2) is 15.6 Å². The van der Waals surface area contributed by atoms with Crippen LogP contribution in [0.1, 0.15) is 36.7 Å². The molecule has 20 heavy (non-hydrogen) atoms. The maximum atomic E-state index is 6.38. The van der Waals surface area contributed by atoms with Crippen LogP contribution in [0.4, 0.5) is 0 Å². The zero-order valence-electron chi connectivity index (χ0n) is 11.8. The minimum Gasteiger partial charge on any atom is -0.328 e. The molecule has 0 amide bonds. The van der Waals surface area contributed by atoms with Gasteiger partial charge in [-0.2, -0.15) is 0 Å². The number of benzene rings is 1. The smallest absolute Gasteiger partial charge is 0.0997 e. The molecule has 2 N–H and O–H groups in total. The number of fused-ring (bicyclic) bond motifs is 1. The summed E-state index contributed by atoms with van der Waals surface area (Å²) in [6.07, 6.45) is 7.43. The minimum absolute atomic E-state index is 0.124. The van der Waals surface area contributed by atoms with Crippen molar-refractivity contribution in [1.29, 1.82) is 0 Å². The highest BCUT2D eigenvalue weighted by atomic mass is 35.5. The highest BCUT2D eigenvalue weighted by Crippen LogP contribution is 2.26. The minimum atomic E-state index is 0.124. The molecule has 1 aliphatic rings. The van der Waals surface area contributed by atoms with Crippen LogP contribution in [0.3, 0.4) is 0 Å². The Bertz CT molecular complexity index is 616. The topological polar surface area (TPSA) is 43.8 Å². The average Bonchev–Trinajstić information content (AvgIpc) is 2.84. The van der Waals surface area contributed by atoms with Gasteiger partial charge in [0.25, 0.3) is 0 Å². The van der Waals surface area contributed by atoms with Gasteiger partial charge in [0, 0.05) is 22.4 Å². The Balaban J connectivity index is 1.95. The van der Waals surface area contributed by atoms with Crippen molar-refractivity contribution in [3.63, 3.8) is 0 Å². The van der Waals surface area contributed by atoms with Gasteiger partial charge in [0.1, 0.15) is 0 Å². The maximum absolute atomic E-state index is 6.38. The van der Waals surface area contributed by atoms with Gasteiger partial charge in [-0.1, -0.05) is 17.7 Å². The van der Waals surface area contributed by atoms with Crippen LogP contribution in [0, 0.1) is 0 Å². The van der Waals surface area contributed by atoms with Crippen LogP contribution in [0.25, 0.3) is 5.69 Å². The van der Waals surface area contributed by atoms with Gasteiger partial charge in [-0.05, 0) is 56.7 Å². The van der Waals surface area contributed by atoms with E-state index >= 15 is 0 Å². The van der Waals surface area contributed by atoms with Gasteiger partial charge in [-0.15, -0.1) is 0 Å². The molecule has 0 radical (unpaired) electrons. The molecular weight excluding hydrogens is 270 g/mol. The summed E-state index contributed by atoms with van der Waals surface area (Å²) < 4.78 is 2.18. The Morgan fingerprint density at radius 1 is 1.35 bits per heavy atom. The summed E-state index contributed by atoms with van der Waals surface area (Å²) in [4.78, 5) is 4.53. The molecule has 1 aromatic heterocycles. The van der Waals surface area contributed by atoms with Crippen LogP contribution >= 0.6 is 11.6 Å². The molecule has 2 aromatic rings. The lowest BCUT2D eigenvalue weighted by atomic mass is 10.0. The fourth-order valence-corrected chi connectivity index (χ4v) is 3.14. The van der Waals surface area contributed by atoms with Gasteiger partial charge in [0.2, 0.25) is 0 Å². The maximum Gasteiger partial charge on any atom is 0.0997 e. The number of aryl methyl sites for hydroxylation is 1. The first-order valence-electron chi connectivity index (χ1n) is 7.24. The van der Waals surface area contributed by atoms with E-state index < -0.39 is 0 Å². The second kappa shape index (κ2) is 5.58. The molecule has 0 saturated heterocycles. The van der Waals surface area contributed by atoms with E-state index in [0.717, 1.165) is 35.5 Å². The standard InChI is InChI=1S/C16H20ClN3/c1-11(18)8-12-6-7-13(9-14(12)17)20-10-19-15-4-2-3-5-16(15)20/h6-7,9-11H,2-5,8,18H2,1H3. The Labute approximate surface area is 124 Å². The van der Waals surface area contributed by atoms with E-state index in [0.29, 0.717) is 0 Å². The van der Waals surface area contributed by atoms with Crippen LogP contribution in [0.15, 0.2) is 24.5 Å². The molecule has 0 fully saturated rings. The third-order valence-corrected chi connectivity index (χ3v) is 4.24. The van der Waals surface area contributed by atoms with Crippen LogP contribution < -0.4 is 5.73 Å². The molecule has 1 unspecified atom stereocenters. The first kappa shape index (κ1) is 13.7. The van der Waals surface area contributed by atoms with E-state index in [4.69, 9.17) is 17.3 Å². The fourth-order valence-electron chi connectivity index (χ4n) is 2.89. The van der Waals surface area contributed by atoms with E-state index in [9.17, 15) is 0 Å². The highest BCUT2D eigenvalue weighted by Gasteiger charge is 2.16. The molecule has 1 aliphatic carbocycles. The normalized spacial score (nSPS) is 15.9. The molecule has 0 bridgehead atoms. The second-order valence-electron chi connectivity index (χ2n) is 5.67. The quantitative estimate of drug-likeness (QED) is 0.942. The van der Waals surface area contributed by atoms with E-state index in [1.807, 2.05) is 19.3 Å². The molecule has 0 aliphatic heterocycles. The van der Waals surface area contributed by atoms with Gasteiger partial charge in [0.15, 0.2) is 0 Å². The monoisotopic (exact) mass is 289 g/mol. The van der Waals surface area contributed by atoms with Crippen molar-refractivity contribution < 1.29 is 0 Å². The first-order valence-corrected chi connectivity index (χ1v) is 7.62.